The Balaban J connectivity index is 2.76. The molecule has 0 atom stereocenters. The fourth-order valence-electron chi connectivity index (χ4n) is 1.45. The lowest BCUT2D eigenvalue weighted by Gasteiger charge is -2.26. The summed E-state index contributed by atoms with van der Waals surface area (Å²) in [6.07, 6.45) is 0. The average molecular weight is 225 g/mol. The van der Waals surface area contributed by atoms with Crippen molar-refractivity contribution in [1.29, 1.82) is 0 Å². The molecule has 0 aliphatic heterocycles. The minimum absolute atomic E-state index is 0.0185. The van der Waals surface area contributed by atoms with E-state index in [4.69, 9.17) is 4.74 Å². The summed E-state index contributed by atoms with van der Waals surface area (Å²) in [7, 11) is 1.46. The highest BCUT2D eigenvalue weighted by Gasteiger charge is 2.22. The SMILES string of the molecule is COCC(=O)NC(C)(C)c1ccc(F)cc1. The van der Waals surface area contributed by atoms with E-state index in [1.165, 1.54) is 19.2 Å². The van der Waals surface area contributed by atoms with Gasteiger partial charge in [-0.1, -0.05) is 12.1 Å². The minimum atomic E-state index is -0.538. The first-order chi connectivity index (χ1) is 7.45. The summed E-state index contributed by atoms with van der Waals surface area (Å²) < 4.78 is 17.5. The molecule has 0 spiro atoms. The third-order valence-electron chi connectivity index (χ3n) is 2.29. The predicted octanol–water partition coefficient (Wildman–Crippen LogP) is 1.82. The molecule has 1 aromatic rings. The van der Waals surface area contributed by atoms with E-state index in [-0.39, 0.29) is 18.3 Å². The summed E-state index contributed by atoms with van der Waals surface area (Å²) in [4.78, 5) is 11.4. The average Bonchev–Trinajstić information content (AvgIpc) is 2.17. The van der Waals surface area contributed by atoms with E-state index in [2.05, 4.69) is 5.32 Å². The zero-order chi connectivity index (χ0) is 12.2. The van der Waals surface area contributed by atoms with Gasteiger partial charge in [0.15, 0.2) is 0 Å². The first kappa shape index (κ1) is 12.6. The summed E-state index contributed by atoms with van der Waals surface area (Å²) >= 11 is 0. The van der Waals surface area contributed by atoms with E-state index in [0.717, 1.165) is 5.56 Å². The highest BCUT2D eigenvalue weighted by molar-refractivity contribution is 5.78. The lowest BCUT2D eigenvalue weighted by Crippen LogP contribution is -2.42. The van der Waals surface area contributed by atoms with Crippen molar-refractivity contribution in [1.82, 2.24) is 5.32 Å². The van der Waals surface area contributed by atoms with Gasteiger partial charge < -0.3 is 10.1 Å². The van der Waals surface area contributed by atoms with Crippen molar-refractivity contribution in [3.05, 3.63) is 35.6 Å². The first-order valence-electron chi connectivity index (χ1n) is 5.01. The molecular formula is C12H16FNO2. The van der Waals surface area contributed by atoms with Gasteiger partial charge >= 0.3 is 0 Å². The quantitative estimate of drug-likeness (QED) is 0.848. The predicted molar refractivity (Wildman–Crippen MR) is 59.4 cm³/mol. The van der Waals surface area contributed by atoms with Crippen LogP contribution in [0.15, 0.2) is 24.3 Å². The number of amides is 1. The molecule has 0 saturated carbocycles. The second-order valence-corrected chi connectivity index (χ2v) is 4.11. The third-order valence-corrected chi connectivity index (χ3v) is 2.29. The first-order valence-corrected chi connectivity index (χ1v) is 5.01. The number of halogens is 1. The van der Waals surface area contributed by atoms with E-state index in [9.17, 15) is 9.18 Å². The van der Waals surface area contributed by atoms with Crippen LogP contribution in [0, 0.1) is 5.82 Å². The van der Waals surface area contributed by atoms with Gasteiger partial charge in [-0.25, -0.2) is 4.39 Å². The van der Waals surface area contributed by atoms with Crippen LogP contribution in [-0.4, -0.2) is 19.6 Å². The fourth-order valence-corrected chi connectivity index (χ4v) is 1.45. The van der Waals surface area contributed by atoms with Gasteiger partial charge in [-0.05, 0) is 31.5 Å². The van der Waals surface area contributed by atoms with Crippen molar-refractivity contribution in [3.8, 4) is 0 Å². The van der Waals surface area contributed by atoms with E-state index < -0.39 is 5.54 Å². The number of ether oxygens (including phenoxy) is 1. The van der Waals surface area contributed by atoms with Crippen LogP contribution in [0.4, 0.5) is 4.39 Å². The second kappa shape index (κ2) is 5.07. The van der Waals surface area contributed by atoms with Crippen molar-refractivity contribution in [3.63, 3.8) is 0 Å². The minimum Gasteiger partial charge on any atom is -0.375 e. The van der Waals surface area contributed by atoms with Crippen LogP contribution < -0.4 is 5.32 Å². The molecule has 0 bridgehead atoms. The van der Waals surface area contributed by atoms with Gasteiger partial charge in [0, 0.05) is 7.11 Å². The molecule has 4 heteroatoms. The number of benzene rings is 1. The van der Waals surface area contributed by atoms with Crippen LogP contribution in [0.1, 0.15) is 19.4 Å². The molecule has 0 aliphatic rings. The molecule has 0 heterocycles. The van der Waals surface area contributed by atoms with Crippen LogP contribution in [0.5, 0.6) is 0 Å². The van der Waals surface area contributed by atoms with Gasteiger partial charge in [0.25, 0.3) is 0 Å². The maximum Gasteiger partial charge on any atom is 0.246 e. The molecule has 3 nitrogen and oxygen atoms in total. The molecule has 0 unspecified atom stereocenters. The standard InChI is InChI=1S/C12H16FNO2/c1-12(2,14-11(15)8-16-3)9-4-6-10(13)7-5-9/h4-7H,8H2,1-3H3,(H,14,15). The number of nitrogens with one attached hydrogen (secondary N) is 1. The molecule has 1 aromatic carbocycles. The Morgan fingerprint density at radius 1 is 1.38 bits per heavy atom. The topological polar surface area (TPSA) is 38.3 Å². The number of carbonyl (C=O) groups excluding carboxylic acids is 1. The lowest BCUT2D eigenvalue weighted by molar-refractivity contribution is -0.126. The summed E-state index contributed by atoms with van der Waals surface area (Å²) in [6, 6.07) is 6.06. The Morgan fingerprint density at radius 3 is 2.44 bits per heavy atom. The normalized spacial score (nSPS) is 11.2. The number of hydrogen-bond acceptors (Lipinski definition) is 2. The number of methoxy groups -OCH3 is 1. The molecular weight excluding hydrogens is 209 g/mol. The molecule has 0 fully saturated rings. The summed E-state index contributed by atoms with van der Waals surface area (Å²) in [5.74, 6) is -0.486. The number of rotatable bonds is 4. The Labute approximate surface area is 94.6 Å². The molecule has 1 rings (SSSR count). The third kappa shape index (κ3) is 3.31. The van der Waals surface area contributed by atoms with Crippen LogP contribution >= 0.6 is 0 Å². The number of carbonyl (C=O) groups is 1. The van der Waals surface area contributed by atoms with E-state index in [1.54, 1.807) is 12.1 Å². The smallest absolute Gasteiger partial charge is 0.246 e. The molecule has 0 aromatic heterocycles. The van der Waals surface area contributed by atoms with Crippen molar-refractivity contribution in [2.45, 2.75) is 19.4 Å². The zero-order valence-electron chi connectivity index (χ0n) is 9.71. The van der Waals surface area contributed by atoms with E-state index in [0.29, 0.717) is 0 Å². The molecule has 0 radical (unpaired) electrons. The zero-order valence-corrected chi connectivity index (χ0v) is 9.71. The van der Waals surface area contributed by atoms with Gasteiger partial charge in [0.2, 0.25) is 5.91 Å². The second-order valence-electron chi connectivity index (χ2n) is 4.11. The molecule has 1 N–H and O–H groups in total. The molecule has 88 valence electrons. The van der Waals surface area contributed by atoms with Crippen LogP contribution in [0.3, 0.4) is 0 Å². The molecule has 16 heavy (non-hydrogen) atoms. The largest absolute Gasteiger partial charge is 0.375 e. The Bertz CT molecular complexity index is 360. The molecule has 0 saturated heterocycles. The van der Waals surface area contributed by atoms with Crippen LogP contribution in [0.25, 0.3) is 0 Å². The Hall–Kier alpha value is -1.42. The maximum atomic E-state index is 12.8. The van der Waals surface area contributed by atoms with Crippen molar-refractivity contribution < 1.29 is 13.9 Å². The van der Waals surface area contributed by atoms with Gasteiger partial charge in [-0.2, -0.15) is 0 Å². The Kier molecular flexibility index (Phi) is 4.01. The summed E-state index contributed by atoms with van der Waals surface area (Å²) in [5.41, 5.74) is 0.307. The van der Waals surface area contributed by atoms with Gasteiger partial charge in [0.1, 0.15) is 12.4 Å². The summed E-state index contributed by atoms with van der Waals surface area (Å²) in [5, 5.41) is 2.81. The van der Waals surface area contributed by atoms with Crippen molar-refractivity contribution in [2.75, 3.05) is 13.7 Å². The summed E-state index contributed by atoms with van der Waals surface area (Å²) in [6.45, 7) is 3.73. The van der Waals surface area contributed by atoms with Crippen molar-refractivity contribution in [2.24, 2.45) is 0 Å². The highest BCUT2D eigenvalue weighted by atomic mass is 19.1. The monoisotopic (exact) mass is 225 g/mol. The molecule has 0 aliphatic carbocycles. The lowest BCUT2D eigenvalue weighted by atomic mass is 9.94. The van der Waals surface area contributed by atoms with Crippen molar-refractivity contribution >= 4 is 5.91 Å². The molecule has 1 amide bonds. The fraction of sp³-hybridized carbons (Fsp3) is 0.417. The number of hydrogen-bond donors (Lipinski definition) is 1. The van der Waals surface area contributed by atoms with E-state index in [1.807, 2.05) is 13.8 Å². The maximum absolute atomic E-state index is 12.8. The van der Waals surface area contributed by atoms with Crippen LogP contribution in [0.2, 0.25) is 0 Å². The Morgan fingerprint density at radius 2 is 1.94 bits per heavy atom. The van der Waals surface area contributed by atoms with Gasteiger partial charge in [0.05, 0.1) is 5.54 Å². The highest BCUT2D eigenvalue weighted by Crippen LogP contribution is 2.19. The van der Waals surface area contributed by atoms with Gasteiger partial charge in [-0.15, -0.1) is 0 Å². The van der Waals surface area contributed by atoms with E-state index >= 15 is 0 Å². The van der Waals surface area contributed by atoms with Crippen LogP contribution in [-0.2, 0) is 15.1 Å². The van der Waals surface area contributed by atoms with Gasteiger partial charge in [-0.3, -0.25) is 4.79 Å².